The van der Waals surface area contributed by atoms with Crippen LogP contribution in [0.2, 0.25) is 0 Å². The summed E-state index contributed by atoms with van der Waals surface area (Å²) in [5.74, 6) is 0.756. The van der Waals surface area contributed by atoms with Gasteiger partial charge < -0.3 is 10.1 Å². The molecule has 0 aromatic heterocycles. The first-order valence-electron chi connectivity index (χ1n) is 12.3. The van der Waals surface area contributed by atoms with E-state index in [1.165, 1.54) is 18.2 Å². The predicted octanol–water partition coefficient (Wildman–Crippen LogP) is 7.25. The van der Waals surface area contributed by atoms with Crippen LogP contribution in [-0.2, 0) is 21.0 Å². The van der Waals surface area contributed by atoms with Crippen LogP contribution in [0.25, 0.3) is 11.6 Å². The summed E-state index contributed by atoms with van der Waals surface area (Å²) in [5, 5.41) is 2.76. The second-order valence-corrected chi connectivity index (χ2v) is 11.6. The summed E-state index contributed by atoms with van der Waals surface area (Å²) in [5.41, 5.74) is 3.02. The van der Waals surface area contributed by atoms with Crippen molar-refractivity contribution in [3.05, 3.63) is 82.4 Å². The fourth-order valence-corrected chi connectivity index (χ4v) is 5.55. The van der Waals surface area contributed by atoms with Gasteiger partial charge in [-0.05, 0) is 89.2 Å². The van der Waals surface area contributed by atoms with Crippen LogP contribution in [0.5, 0.6) is 5.75 Å². The van der Waals surface area contributed by atoms with Crippen molar-refractivity contribution in [3.8, 4) is 5.75 Å². The molecule has 0 bridgehead atoms. The van der Waals surface area contributed by atoms with Gasteiger partial charge in [-0.25, -0.2) is 8.42 Å². The lowest BCUT2D eigenvalue weighted by atomic mass is 9.90. The Balaban J connectivity index is 1.73. The van der Waals surface area contributed by atoms with Gasteiger partial charge in [-0.15, -0.1) is 0 Å². The van der Waals surface area contributed by atoms with E-state index >= 15 is 0 Å². The molecule has 1 heterocycles. The number of methoxy groups -OCH3 is 1. The van der Waals surface area contributed by atoms with Gasteiger partial charge >= 0.3 is 6.18 Å². The molecule has 10 heteroatoms. The summed E-state index contributed by atoms with van der Waals surface area (Å²) >= 11 is 0. The van der Waals surface area contributed by atoms with Crippen LogP contribution >= 0.6 is 0 Å². The molecule has 206 valence electrons. The van der Waals surface area contributed by atoms with Gasteiger partial charge in [0.15, 0.2) is 0 Å². The van der Waals surface area contributed by atoms with Crippen molar-refractivity contribution in [2.45, 2.75) is 50.6 Å². The summed E-state index contributed by atoms with van der Waals surface area (Å²) in [6.07, 6.45) is -2.81. The molecule has 3 aromatic carbocycles. The Kier molecular flexibility index (Phi) is 7.53. The highest BCUT2D eigenvalue weighted by Gasteiger charge is 2.31. The highest BCUT2D eigenvalue weighted by molar-refractivity contribution is 7.92. The molecule has 0 fully saturated rings. The van der Waals surface area contributed by atoms with Crippen LogP contribution in [0, 0.1) is 0 Å². The highest BCUT2D eigenvalue weighted by Crippen LogP contribution is 2.39. The normalized spacial score (nSPS) is 14.6. The SMILES string of the molecule is COc1c(C(C)C)cc(C=C2C(=O)Nc3ccc(S(=O)(=O)Nc4ccc(C(F)(F)F)cc4)cc32)cc1C(C)C. The fourth-order valence-electron chi connectivity index (χ4n) is 4.46. The van der Waals surface area contributed by atoms with E-state index in [2.05, 4.69) is 37.7 Å². The number of benzene rings is 3. The lowest BCUT2D eigenvalue weighted by Crippen LogP contribution is -2.13. The van der Waals surface area contributed by atoms with E-state index in [0.717, 1.165) is 46.7 Å². The second kappa shape index (κ2) is 10.4. The zero-order chi connectivity index (χ0) is 28.7. The van der Waals surface area contributed by atoms with Gasteiger partial charge in [0.05, 0.1) is 17.6 Å². The summed E-state index contributed by atoms with van der Waals surface area (Å²) in [6.45, 7) is 8.21. The standard InChI is InChI=1S/C29H29F3N2O4S/c1-16(2)22-12-18(13-23(17(3)4)27(22)38-5)14-25-24-15-21(10-11-26(24)33-28(25)35)39(36,37)34-20-8-6-19(7-9-20)29(30,31)32/h6-17,34H,1-5H3,(H,33,35). The number of nitrogens with one attached hydrogen (secondary N) is 2. The number of carbonyl (C=O) groups excluding carboxylic acids is 1. The maximum atomic E-state index is 13.1. The predicted molar refractivity (Wildman–Crippen MR) is 146 cm³/mol. The fraction of sp³-hybridized carbons (Fsp3) is 0.276. The molecule has 0 atom stereocenters. The van der Waals surface area contributed by atoms with Gasteiger partial charge in [-0.3, -0.25) is 9.52 Å². The first kappa shape index (κ1) is 28.2. The van der Waals surface area contributed by atoms with Gasteiger partial charge in [-0.1, -0.05) is 27.7 Å². The van der Waals surface area contributed by atoms with Crippen LogP contribution in [0.1, 0.15) is 67.3 Å². The quantitative estimate of drug-likeness (QED) is 0.299. The molecule has 2 N–H and O–H groups in total. The molecular formula is C29H29F3N2O4S. The molecule has 3 aromatic rings. The van der Waals surface area contributed by atoms with Gasteiger partial charge in [0.2, 0.25) is 0 Å². The number of hydrogen-bond acceptors (Lipinski definition) is 4. The van der Waals surface area contributed by atoms with Gasteiger partial charge in [-0.2, -0.15) is 13.2 Å². The molecule has 0 spiro atoms. The number of anilines is 2. The monoisotopic (exact) mass is 558 g/mol. The van der Waals surface area contributed by atoms with Crippen LogP contribution in [0.4, 0.5) is 24.5 Å². The van der Waals surface area contributed by atoms with E-state index in [1.807, 2.05) is 12.1 Å². The van der Waals surface area contributed by atoms with Crippen molar-refractivity contribution >= 4 is 39.0 Å². The molecule has 0 saturated carbocycles. The molecule has 6 nitrogen and oxygen atoms in total. The average molecular weight is 559 g/mol. The Morgan fingerprint density at radius 2 is 1.51 bits per heavy atom. The van der Waals surface area contributed by atoms with E-state index in [-0.39, 0.29) is 28.3 Å². The largest absolute Gasteiger partial charge is 0.496 e. The molecule has 0 aliphatic carbocycles. The topological polar surface area (TPSA) is 84.5 Å². The van der Waals surface area contributed by atoms with Crippen LogP contribution in [0.15, 0.2) is 59.5 Å². The number of sulfonamides is 1. The second-order valence-electron chi connectivity index (χ2n) is 9.94. The number of halogens is 3. The summed E-state index contributed by atoms with van der Waals surface area (Å²) in [4.78, 5) is 12.8. The molecule has 1 aliphatic rings. The average Bonchev–Trinajstić information content (AvgIpc) is 3.17. The number of amides is 1. The number of ether oxygens (including phenoxy) is 1. The lowest BCUT2D eigenvalue weighted by Gasteiger charge is -2.19. The van der Waals surface area contributed by atoms with E-state index < -0.39 is 21.8 Å². The Morgan fingerprint density at radius 3 is 2.03 bits per heavy atom. The molecular weight excluding hydrogens is 529 g/mol. The minimum absolute atomic E-state index is 0.0193. The van der Waals surface area contributed by atoms with Crippen LogP contribution in [-0.4, -0.2) is 21.4 Å². The Labute approximate surface area is 225 Å². The number of rotatable bonds is 7. The maximum absolute atomic E-state index is 13.1. The number of alkyl halides is 3. The van der Waals surface area contributed by atoms with Crippen molar-refractivity contribution < 1.29 is 31.1 Å². The Hall–Kier alpha value is -3.79. The molecule has 1 aliphatic heterocycles. The van der Waals surface area contributed by atoms with Crippen molar-refractivity contribution in [1.82, 2.24) is 0 Å². The van der Waals surface area contributed by atoms with Crippen molar-refractivity contribution in [3.63, 3.8) is 0 Å². The minimum atomic E-state index is -4.53. The summed E-state index contributed by atoms with van der Waals surface area (Å²) in [6, 6.07) is 11.8. The highest BCUT2D eigenvalue weighted by atomic mass is 32.2. The van der Waals surface area contributed by atoms with Crippen molar-refractivity contribution in [1.29, 1.82) is 0 Å². The number of carbonyl (C=O) groups is 1. The third kappa shape index (κ3) is 5.80. The Morgan fingerprint density at radius 1 is 0.923 bits per heavy atom. The number of fused-ring (bicyclic) bond motifs is 1. The first-order chi connectivity index (χ1) is 18.2. The zero-order valence-corrected chi connectivity index (χ0v) is 22.9. The summed E-state index contributed by atoms with van der Waals surface area (Å²) in [7, 11) is -2.52. The molecule has 0 saturated heterocycles. The smallest absolute Gasteiger partial charge is 0.416 e. The third-order valence-corrected chi connectivity index (χ3v) is 7.86. The van der Waals surface area contributed by atoms with E-state index in [9.17, 15) is 26.4 Å². The molecule has 39 heavy (non-hydrogen) atoms. The zero-order valence-electron chi connectivity index (χ0n) is 22.1. The van der Waals surface area contributed by atoms with E-state index in [0.29, 0.717) is 16.8 Å². The summed E-state index contributed by atoms with van der Waals surface area (Å²) < 4.78 is 72.7. The van der Waals surface area contributed by atoms with Crippen molar-refractivity contribution in [2.24, 2.45) is 0 Å². The van der Waals surface area contributed by atoms with Gasteiger partial charge in [0.1, 0.15) is 5.75 Å². The first-order valence-corrected chi connectivity index (χ1v) is 13.8. The van der Waals surface area contributed by atoms with Crippen LogP contribution < -0.4 is 14.8 Å². The van der Waals surface area contributed by atoms with E-state index in [1.54, 1.807) is 13.2 Å². The van der Waals surface area contributed by atoms with Crippen LogP contribution in [0.3, 0.4) is 0 Å². The molecule has 0 unspecified atom stereocenters. The molecule has 1 amide bonds. The Bertz CT molecular complexity index is 1530. The lowest BCUT2D eigenvalue weighted by molar-refractivity contribution is -0.137. The van der Waals surface area contributed by atoms with Gasteiger partial charge in [0.25, 0.3) is 15.9 Å². The molecule has 0 radical (unpaired) electrons. The van der Waals surface area contributed by atoms with E-state index in [4.69, 9.17) is 4.74 Å². The molecule has 4 rings (SSSR count). The minimum Gasteiger partial charge on any atom is -0.496 e. The van der Waals surface area contributed by atoms with Gasteiger partial charge in [0, 0.05) is 22.5 Å². The van der Waals surface area contributed by atoms with Crippen molar-refractivity contribution in [2.75, 3.05) is 17.1 Å². The maximum Gasteiger partial charge on any atom is 0.416 e. The number of hydrogen-bond donors (Lipinski definition) is 2. The third-order valence-electron chi connectivity index (χ3n) is 6.48.